The van der Waals surface area contributed by atoms with E-state index in [4.69, 9.17) is 5.26 Å². The fourth-order valence-corrected chi connectivity index (χ4v) is 4.17. The van der Waals surface area contributed by atoms with Gasteiger partial charge in [0.2, 0.25) is 10.0 Å². The number of sulfone groups is 1. The lowest BCUT2D eigenvalue weighted by molar-refractivity contribution is 0.402. The molecule has 6 nitrogen and oxygen atoms in total. The van der Waals surface area contributed by atoms with Gasteiger partial charge >= 0.3 is 0 Å². The summed E-state index contributed by atoms with van der Waals surface area (Å²) in [5.74, 6) is 0.114. The summed E-state index contributed by atoms with van der Waals surface area (Å²) in [6.45, 7) is 0.664. The average Bonchev–Trinajstić information content (AvgIpc) is 3.05. The zero-order valence-electron chi connectivity index (χ0n) is 11.1. The van der Waals surface area contributed by atoms with E-state index >= 15 is 0 Å². The van der Waals surface area contributed by atoms with Gasteiger partial charge in [0.15, 0.2) is 0 Å². The molecule has 0 radical (unpaired) electrons. The van der Waals surface area contributed by atoms with Crippen molar-refractivity contribution in [1.29, 1.82) is 5.26 Å². The fraction of sp³-hybridized carbons (Fsp3) is 0.909. The van der Waals surface area contributed by atoms with Gasteiger partial charge < -0.3 is 0 Å². The topological polar surface area (TPSA) is 95.3 Å². The Labute approximate surface area is 115 Å². The minimum atomic E-state index is -3.45. The highest BCUT2D eigenvalue weighted by atomic mass is 32.2. The van der Waals surface area contributed by atoms with Crippen LogP contribution in [0.2, 0.25) is 0 Å². The lowest BCUT2D eigenvalue weighted by Gasteiger charge is -2.20. The molecule has 1 fully saturated rings. The lowest BCUT2D eigenvalue weighted by atomic mass is 10.4. The molecule has 1 aliphatic carbocycles. The molecule has 0 atom stereocenters. The third kappa shape index (κ3) is 6.89. The molecule has 0 saturated heterocycles. The van der Waals surface area contributed by atoms with Gasteiger partial charge in [-0.1, -0.05) is 0 Å². The molecule has 110 valence electrons. The molecular formula is C11H20N2O4S2. The first-order chi connectivity index (χ1) is 8.74. The third-order valence-electron chi connectivity index (χ3n) is 2.94. The SMILES string of the molecule is CS(=O)(=O)CCCS(=O)(=O)N(CCC#N)CC1CC1. The minimum absolute atomic E-state index is 0.106. The van der Waals surface area contributed by atoms with Gasteiger partial charge in [0.1, 0.15) is 9.84 Å². The largest absolute Gasteiger partial charge is 0.229 e. The van der Waals surface area contributed by atoms with Crippen molar-refractivity contribution in [2.24, 2.45) is 5.92 Å². The Hall–Kier alpha value is -0.650. The van der Waals surface area contributed by atoms with Crippen LogP contribution in [0.25, 0.3) is 0 Å². The van der Waals surface area contributed by atoms with Crippen molar-refractivity contribution in [3.05, 3.63) is 0 Å². The van der Waals surface area contributed by atoms with Crippen LogP contribution in [0.1, 0.15) is 25.7 Å². The van der Waals surface area contributed by atoms with Gasteiger partial charge in [-0.2, -0.15) is 5.26 Å². The maximum absolute atomic E-state index is 12.1. The molecule has 0 unspecified atom stereocenters. The highest BCUT2D eigenvalue weighted by molar-refractivity contribution is 7.91. The second-order valence-corrected chi connectivity index (χ2v) is 9.36. The van der Waals surface area contributed by atoms with Crippen LogP contribution in [0.15, 0.2) is 0 Å². The molecule has 0 aliphatic heterocycles. The fourth-order valence-electron chi connectivity index (χ4n) is 1.74. The van der Waals surface area contributed by atoms with E-state index in [-0.39, 0.29) is 30.9 Å². The molecule has 0 amide bonds. The number of sulfonamides is 1. The number of nitriles is 1. The molecule has 0 aromatic carbocycles. The molecular weight excluding hydrogens is 288 g/mol. The second-order valence-electron chi connectivity index (χ2n) is 5.01. The van der Waals surface area contributed by atoms with Crippen molar-refractivity contribution >= 4 is 19.9 Å². The van der Waals surface area contributed by atoms with E-state index in [9.17, 15) is 16.8 Å². The molecule has 0 heterocycles. The number of nitrogens with zero attached hydrogens (tertiary/aromatic N) is 2. The highest BCUT2D eigenvalue weighted by Crippen LogP contribution is 2.30. The van der Waals surface area contributed by atoms with E-state index in [0.29, 0.717) is 12.5 Å². The van der Waals surface area contributed by atoms with Crippen LogP contribution in [0.3, 0.4) is 0 Å². The van der Waals surface area contributed by atoms with Crippen molar-refractivity contribution in [3.63, 3.8) is 0 Å². The summed E-state index contributed by atoms with van der Waals surface area (Å²) in [5.41, 5.74) is 0. The summed E-state index contributed by atoms with van der Waals surface area (Å²) in [6.07, 6.45) is 3.42. The Morgan fingerprint density at radius 1 is 1.21 bits per heavy atom. The van der Waals surface area contributed by atoms with Crippen LogP contribution in [0, 0.1) is 17.2 Å². The Balaban J connectivity index is 2.55. The van der Waals surface area contributed by atoms with E-state index in [1.807, 2.05) is 6.07 Å². The second kappa shape index (κ2) is 6.68. The van der Waals surface area contributed by atoms with Crippen molar-refractivity contribution in [3.8, 4) is 6.07 Å². The maximum Gasteiger partial charge on any atom is 0.214 e. The average molecular weight is 308 g/mol. The van der Waals surface area contributed by atoms with Crippen molar-refractivity contribution in [2.75, 3.05) is 30.9 Å². The Kier molecular flexibility index (Phi) is 5.77. The van der Waals surface area contributed by atoms with Gasteiger partial charge in [-0.15, -0.1) is 0 Å². The van der Waals surface area contributed by atoms with Crippen LogP contribution < -0.4 is 0 Å². The van der Waals surface area contributed by atoms with Crippen LogP contribution in [-0.4, -0.2) is 52.0 Å². The molecule has 0 aromatic heterocycles. The summed E-state index contributed by atoms with van der Waals surface area (Å²) in [5, 5.41) is 8.56. The maximum atomic E-state index is 12.1. The molecule has 1 saturated carbocycles. The lowest BCUT2D eigenvalue weighted by Crippen LogP contribution is -2.36. The van der Waals surface area contributed by atoms with Crippen LogP contribution >= 0.6 is 0 Å². The van der Waals surface area contributed by atoms with E-state index in [0.717, 1.165) is 19.1 Å². The molecule has 0 bridgehead atoms. The van der Waals surface area contributed by atoms with E-state index in [1.165, 1.54) is 4.31 Å². The molecule has 0 aromatic rings. The Morgan fingerprint density at radius 2 is 1.84 bits per heavy atom. The van der Waals surface area contributed by atoms with Crippen molar-refractivity contribution in [1.82, 2.24) is 4.31 Å². The smallest absolute Gasteiger partial charge is 0.214 e. The molecule has 0 spiro atoms. The summed E-state index contributed by atoms with van der Waals surface area (Å²) >= 11 is 0. The van der Waals surface area contributed by atoms with Gasteiger partial charge in [-0.3, -0.25) is 0 Å². The van der Waals surface area contributed by atoms with E-state index in [1.54, 1.807) is 0 Å². The molecule has 1 aliphatic rings. The number of hydrogen-bond acceptors (Lipinski definition) is 5. The summed E-state index contributed by atoms with van der Waals surface area (Å²) < 4.78 is 47.5. The Bertz CT molecular complexity index is 530. The van der Waals surface area contributed by atoms with Crippen molar-refractivity contribution in [2.45, 2.75) is 25.7 Å². The number of hydrogen-bond donors (Lipinski definition) is 0. The molecule has 8 heteroatoms. The van der Waals surface area contributed by atoms with E-state index in [2.05, 4.69) is 0 Å². The summed E-state index contributed by atoms with van der Waals surface area (Å²) in [4.78, 5) is 0. The summed E-state index contributed by atoms with van der Waals surface area (Å²) in [6, 6.07) is 1.94. The molecule has 19 heavy (non-hydrogen) atoms. The zero-order valence-corrected chi connectivity index (χ0v) is 12.7. The van der Waals surface area contributed by atoms with Gasteiger partial charge in [0.25, 0.3) is 0 Å². The first kappa shape index (κ1) is 16.4. The predicted octanol–water partition coefficient (Wildman–Crippen LogP) is 0.377. The van der Waals surface area contributed by atoms with Crippen LogP contribution in [0.4, 0.5) is 0 Å². The first-order valence-corrected chi connectivity index (χ1v) is 9.94. The molecule has 1 rings (SSSR count). The Morgan fingerprint density at radius 3 is 2.32 bits per heavy atom. The van der Waals surface area contributed by atoms with Crippen LogP contribution in [0.5, 0.6) is 0 Å². The quantitative estimate of drug-likeness (QED) is 0.613. The van der Waals surface area contributed by atoms with Crippen molar-refractivity contribution < 1.29 is 16.8 Å². The van der Waals surface area contributed by atoms with Gasteiger partial charge in [0, 0.05) is 25.8 Å². The minimum Gasteiger partial charge on any atom is -0.229 e. The highest BCUT2D eigenvalue weighted by Gasteiger charge is 2.30. The standard InChI is InChI=1S/C11H20N2O4S2/c1-18(14,15)8-3-9-19(16,17)13(7-2-6-12)10-11-4-5-11/h11H,2-5,7-10H2,1H3. The first-order valence-electron chi connectivity index (χ1n) is 6.27. The van der Waals surface area contributed by atoms with Gasteiger partial charge in [0.05, 0.1) is 17.6 Å². The monoisotopic (exact) mass is 308 g/mol. The van der Waals surface area contributed by atoms with Gasteiger partial charge in [-0.05, 0) is 25.2 Å². The predicted molar refractivity (Wildman–Crippen MR) is 72.6 cm³/mol. The summed E-state index contributed by atoms with van der Waals surface area (Å²) in [7, 11) is -6.59. The normalized spacial score (nSPS) is 16.5. The third-order valence-corrected chi connectivity index (χ3v) is 5.90. The number of rotatable bonds is 9. The van der Waals surface area contributed by atoms with Crippen LogP contribution in [-0.2, 0) is 19.9 Å². The molecule has 0 N–H and O–H groups in total. The van der Waals surface area contributed by atoms with Gasteiger partial charge in [-0.25, -0.2) is 21.1 Å². The zero-order chi connectivity index (χ0) is 14.5. The van der Waals surface area contributed by atoms with E-state index < -0.39 is 19.9 Å².